The molecule has 0 heterocycles. The summed E-state index contributed by atoms with van der Waals surface area (Å²) in [5, 5.41) is 0.691. The van der Waals surface area contributed by atoms with Gasteiger partial charge in [0.25, 0.3) is 5.91 Å². The minimum absolute atomic E-state index is 0.0762. The molecule has 1 aromatic carbocycles. The minimum atomic E-state index is -0.404. The molecule has 0 spiro atoms. The molecule has 0 saturated heterocycles. The van der Waals surface area contributed by atoms with E-state index < -0.39 is 5.91 Å². The lowest BCUT2D eigenvalue weighted by Gasteiger charge is -2.15. The molecule has 2 amide bonds. The fraction of sp³-hybridized carbons (Fsp3) is 0.556. The van der Waals surface area contributed by atoms with Crippen LogP contribution in [0.3, 0.4) is 0 Å². The van der Waals surface area contributed by atoms with Crippen molar-refractivity contribution in [2.45, 2.75) is 53.4 Å². The Kier molecular flexibility index (Phi) is 8.61. The Hall–Kier alpha value is -1.75. The van der Waals surface area contributed by atoms with Gasteiger partial charge in [-0.05, 0) is 49.9 Å². The number of rotatable bonds is 8. The molecular formula is C18H27ClN2O3. The highest BCUT2D eigenvalue weighted by molar-refractivity contribution is 6.32. The Morgan fingerprint density at radius 3 is 2.33 bits per heavy atom. The first-order valence-corrected chi connectivity index (χ1v) is 8.75. The van der Waals surface area contributed by atoms with E-state index in [1.165, 1.54) is 0 Å². The second-order valence-electron chi connectivity index (χ2n) is 5.94. The van der Waals surface area contributed by atoms with E-state index in [0.717, 1.165) is 36.8 Å². The summed E-state index contributed by atoms with van der Waals surface area (Å²) in [5.74, 6) is -0.0607. The summed E-state index contributed by atoms with van der Waals surface area (Å²) in [6, 6.07) is 3.55. The van der Waals surface area contributed by atoms with E-state index in [1.807, 2.05) is 20.8 Å². The summed E-state index contributed by atoms with van der Waals surface area (Å²) in [6.45, 7) is 7.64. The molecule has 1 aromatic rings. The number of benzene rings is 1. The number of hydrazine groups is 1. The van der Waals surface area contributed by atoms with Crippen LogP contribution >= 0.6 is 11.6 Å². The molecule has 0 aliphatic rings. The highest BCUT2D eigenvalue weighted by Gasteiger charge is 2.16. The monoisotopic (exact) mass is 354 g/mol. The number of carbonyl (C=O) groups excluding carboxylic acids is 2. The molecule has 0 radical (unpaired) electrons. The second kappa shape index (κ2) is 10.2. The molecule has 2 N–H and O–H groups in total. The molecule has 0 bridgehead atoms. The topological polar surface area (TPSA) is 67.4 Å². The molecule has 1 atom stereocenters. The van der Waals surface area contributed by atoms with E-state index >= 15 is 0 Å². The number of aryl methyl sites for hydroxylation is 2. The van der Waals surface area contributed by atoms with E-state index in [1.54, 1.807) is 12.1 Å². The normalized spacial score (nSPS) is 11.7. The number of carbonyl (C=O) groups is 2. The van der Waals surface area contributed by atoms with E-state index in [9.17, 15) is 9.59 Å². The van der Waals surface area contributed by atoms with Gasteiger partial charge in [-0.1, -0.05) is 38.3 Å². The van der Waals surface area contributed by atoms with Gasteiger partial charge < -0.3 is 4.74 Å². The van der Waals surface area contributed by atoms with Gasteiger partial charge in [0.05, 0.1) is 0 Å². The van der Waals surface area contributed by atoms with Crippen molar-refractivity contribution in [2.75, 3.05) is 6.61 Å². The number of hydrogen-bond donors (Lipinski definition) is 2. The molecule has 6 heteroatoms. The van der Waals surface area contributed by atoms with Crippen molar-refractivity contribution in [2.24, 2.45) is 5.92 Å². The quantitative estimate of drug-likeness (QED) is 0.699. The lowest BCUT2D eigenvalue weighted by Crippen LogP contribution is -2.46. The van der Waals surface area contributed by atoms with Gasteiger partial charge in [0, 0.05) is 10.9 Å². The number of halogens is 1. The first-order chi connectivity index (χ1) is 11.4. The summed E-state index contributed by atoms with van der Waals surface area (Å²) in [5.41, 5.74) is 6.65. The summed E-state index contributed by atoms with van der Waals surface area (Å²) < 4.78 is 5.45. The Morgan fingerprint density at radius 2 is 1.79 bits per heavy atom. The average molecular weight is 355 g/mol. The third-order valence-corrected chi connectivity index (χ3v) is 4.47. The van der Waals surface area contributed by atoms with Crippen LogP contribution in [0.1, 0.15) is 50.7 Å². The highest BCUT2D eigenvalue weighted by atomic mass is 35.5. The van der Waals surface area contributed by atoms with Gasteiger partial charge in [0.1, 0.15) is 5.75 Å². The largest absolute Gasteiger partial charge is 0.484 e. The highest BCUT2D eigenvalue weighted by Crippen LogP contribution is 2.25. The Labute approximate surface area is 149 Å². The maximum absolute atomic E-state index is 12.0. The third-order valence-electron chi connectivity index (χ3n) is 3.87. The van der Waals surface area contributed by atoms with Crippen molar-refractivity contribution in [1.29, 1.82) is 0 Å². The molecular weight excluding hydrogens is 328 g/mol. The maximum Gasteiger partial charge on any atom is 0.276 e. The zero-order valence-electron chi connectivity index (χ0n) is 14.9. The van der Waals surface area contributed by atoms with Crippen LogP contribution < -0.4 is 15.6 Å². The van der Waals surface area contributed by atoms with E-state index in [4.69, 9.17) is 16.3 Å². The Morgan fingerprint density at radius 1 is 1.17 bits per heavy atom. The third kappa shape index (κ3) is 6.40. The van der Waals surface area contributed by atoms with Crippen LogP contribution in [0.15, 0.2) is 12.1 Å². The zero-order chi connectivity index (χ0) is 18.1. The van der Waals surface area contributed by atoms with Crippen LogP contribution in [0, 0.1) is 19.8 Å². The van der Waals surface area contributed by atoms with Crippen LogP contribution in [-0.2, 0) is 9.59 Å². The summed E-state index contributed by atoms with van der Waals surface area (Å²) >= 11 is 6.09. The van der Waals surface area contributed by atoms with Crippen LogP contribution in [0.2, 0.25) is 5.02 Å². The first-order valence-electron chi connectivity index (χ1n) is 8.37. The smallest absolute Gasteiger partial charge is 0.276 e. The second-order valence-corrected chi connectivity index (χ2v) is 6.32. The van der Waals surface area contributed by atoms with Crippen molar-refractivity contribution >= 4 is 23.4 Å². The lowest BCUT2D eigenvalue weighted by atomic mass is 9.99. The van der Waals surface area contributed by atoms with Gasteiger partial charge in [-0.2, -0.15) is 0 Å². The molecule has 0 saturated carbocycles. The maximum atomic E-state index is 12.0. The van der Waals surface area contributed by atoms with Gasteiger partial charge >= 0.3 is 0 Å². The lowest BCUT2D eigenvalue weighted by molar-refractivity contribution is -0.132. The average Bonchev–Trinajstić information content (AvgIpc) is 2.56. The van der Waals surface area contributed by atoms with Gasteiger partial charge in [-0.3, -0.25) is 20.4 Å². The Bertz CT molecular complexity index is 552. The summed E-state index contributed by atoms with van der Waals surface area (Å²) in [6.07, 6.45) is 3.62. The predicted octanol–water partition coefficient (Wildman–Crippen LogP) is 3.70. The zero-order valence-corrected chi connectivity index (χ0v) is 15.6. The van der Waals surface area contributed by atoms with Crippen molar-refractivity contribution in [3.8, 4) is 5.75 Å². The van der Waals surface area contributed by atoms with E-state index in [0.29, 0.717) is 10.8 Å². The fourth-order valence-corrected chi connectivity index (χ4v) is 2.49. The SMILES string of the molecule is CCCC[C@H](CC)C(=O)NNC(=O)COc1cc(C)c(Cl)c(C)c1. The molecule has 24 heavy (non-hydrogen) atoms. The number of nitrogens with one attached hydrogen (secondary N) is 2. The van der Waals surface area contributed by atoms with Crippen molar-refractivity contribution in [3.63, 3.8) is 0 Å². The predicted molar refractivity (Wildman–Crippen MR) is 96.0 cm³/mol. The van der Waals surface area contributed by atoms with Gasteiger partial charge in [-0.25, -0.2) is 0 Å². The molecule has 1 rings (SSSR count). The molecule has 0 aliphatic carbocycles. The summed E-state index contributed by atoms with van der Waals surface area (Å²) in [4.78, 5) is 23.8. The number of hydrogen-bond acceptors (Lipinski definition) is 3. The first kappa shape index (κ1) is 20.3. The van der Waals surface area contributed by atoms with Crippen LogP contribution in [0.5, 0.6) is 5.75 Å². The van der Waals surface area contributed by atoms with Crippen molar-refractivity contribution < 1.29 is 14.3 Å². The Balaban J connectivity index is 2.42. The molecule has 0 aliphatic heterocycles. The van der Waals surface area contributed by atoms with Gasteiger partial charge in [-0.15, -0.1) is 0 Å². The number of amides is 2. The molecule has 134 valence electrons. The molecule has 0 aromatic heterocycles. The van der Waals surface area contributed by atoms with Crippen LogP contribution in [0.25, 0.3) is 0 Å². The standard InChI is InChI=1S/C18H27ClN2O3/c1-5-7-8-14(6-2)18(23)21-20-16(22)11-24-15-9-12(3)17(19)13(4)10-15/h9-10,14H,5-8,11H2,1-4H3,(H,20,22)(H,21,23)/t14-/m0/s1. The van der Waals surface area contributed by atoms with Gasteiger partial charge in [0.2, 0.25) is 5.91 Å². The van der Waals surface area contributed by atoms with Crippen molar-refractivity contribution in [1.82, 2.24) is 10.9 Å². The van der Waals surface area contributed by atoms with Crippen molar-refractivity contribution in [3.05, 3.63) is 28.3 Å². The van der Waals surface area contributed by atoms with Crippen LogP contribution in [0.4, 0.5) is 0 Å². The molecule has 0 fully saturated rings. The summed E-state index contributed by atoms with van der Waals surface area (Å²) in [7, 11) is 0. The van der Waals surface area contributed by atoms with E-state index in [-0.39, 0.29) is 18.4 Å². The number of unbranched alkanes of at least 4 members (excludes halogenated alkanes) is 1. The van der Waals surface area contributed by atoms with E-state index in [2.05, 4.69) is 17.8 Å². The molecule has 0 unspecified atom stereocenters. The van der Waals surface area contributed by atoms with Gasteiger partial charge in [0.15, 0.2) is 6.61 Å². The fourth-order valence-electron chi connectivity index (χ4n) is 2.38. The minimum Gasteiger partial charge on any atom is -0.484 e. The van der Waals surface area contributed by atoms with Crippen LogP contribution in [-0.4, -0.2) is 18.4 Å². The number of ether oxygens (including phenoxy) is 1. The molecule has 5 nitrogen and oxygen atoms in total.